The second-order valence-corrected chi connectivity index (χ2v) is 8.26. The molecule has 21 heavy (non-hydrogen) atoms. The Hall–Kier alpha value is -0.0851. The van der Waals surface area contributed by atoms with Crippen LogP contribution in [-0.4, -0.2) is 61.5 Å². The van der Waals surface area contributed by atoms with E-state index < -0.39 is 5.57 Å². The van der Waals surface area contributed by atoms with Gasteiger partial charge >= 0.3 is 0 Å². The minimum absolute atomic E-state index is 0.132. The summed E-state index contributed by atoms with van der Waals surface area (Å²) >= 11 is 0. The van der Waals surface area contributed by atoms with Gasteiger partial charge in [-0.3, -0.25) is 14.2 Å². The fraction of sp³-hybridized carbons (Fsp3) is 1.00. The van der Waals surface area contributed by atoms with E-state index in [-0.39, 0.29) is 6.04 Å². The average Bonchev–Trinajstić information content (AvgIpc) is 2.38. The number of rotatable bonds is 4. The summed E-state index contributed by atoms with van der Waals surface area (Å²) in [6.45, 7) is 12.8. The Morgan fingerprint density at radius 2 is 1.71 bits per heavy atom. The highest BCUT2D eigenvalue weighted by molar-refractivity contribution is 6.15. The lowest BCUT2D eigenvalue weighted by molar-refractivity contribution is -0.0152. The SMILES string of the molecule is BC1(F)CN(C(C)C)CCC1N1CCC(CC(C)C)CC1. The van der Waals surface area contributed by atoms with Crippen LogP contribution in [-0.2, 0) is 0 Å². The molecule has 0 spiro atoms. The molecule has 2 rings (SSSR count). The van der Waals surface area contributed by atoms with Gasteiger partial charge in [-0.05, 0) is 64.5 Å². The third-order valence-electron chi connectivity index (χ3n) is 5.52. The maximum absolute atomic E-state index is 15.2. The van der Waals surface area contributed by atoms with Crippen LogP contribution in [0.1, 0.15) is 53.4 Å². The smallest absolute Gasteiger partial charge is 0.154 e. The Balaban J connectivity index is 1.88. The minimum atomic E-state index is -1.06. The molecule has 0 aromatic rings. The van der Waals surface area contributed by atoms with Crippen molar-refractivity contribution in [1.29, 1.82) is 0 Å². The third-order valence-corrected chi connectivity index (χ3v) is 5.52. The molecular weight excluding hydrogens is 262 g/mol. The van der Waals surface area contributed by atoms with E-state index in [2.05, 4.69) is 37.5 Å². The van der Waals surface area contributed by atoms with Gasteiger partial charge in [0.05, 0.1) is 0 Å². The van der Waals surface area contributed by atoms with Crippen LogP contribution in [0.5, 0.6) is 0 Å². The van der Waals surface area contributed by atoms with Crippen molar-refractivity contribution in [2.24, 2.45) is 11.8 Å². The van der Waals surface area contributed by atoms with Crippen LogP contribution in [0, 0.1) is 11.8 Å². The van der Waals surface area contributed by atoms with Gasteiger partial charge in [0, 0.05) is 25.2 Å². The first kappa shape index (κ1) is 17.3. The predicted octanol–water partition coefficient (Wildman–Crippen LogP) is 2.53. The van der Waals surface area contributed by atoms with Gasteiger partial charge in [-0.25, -0.2) is 0 Å². The number of nitrogens with zero attached hydrogens (tertiary/aromatic N) is 2. The third kappa shape index (κ3) is 4.45. The van der Waals surface area contributed by atoms with Crippen molar-refractivity contribution in [2.45, 2.75) is 71.0 Å². The molecule has 0 saturated carbocycles. The Kier molecular flexibility index (Phi) is 5.75. The molecule has 2 nitrogen and oxygen atoms in total. The van der Waals surface area contributed by atoms with Crippen LogP contribution < -0.4 is 0 Å². The molecule has 2 atom stereocenters. The van der Waals surface area contributed by atoms with E-state index in [4.69, 9.17) is 0 Å². The summed E-state index contributed by atoms with van der Waals surface area (Å²) in [6.07, 6.45) is 4.85. The van der Waals surface area contributed by atoms with E-state index in [9.17, 15) is 0 Å². The topological polar surface area (TPSA) is 6.48 Å². The molecule has 2 unspecified atom stereocenters. The van der Waals surface area contributed by atoms with Crippen LogP contribution in [0.15, 0.2) is 0 Å². The van der Waals surface area contributed by atoms with Gasteiger partial charge in [0.25, 0.3) is 0 Å². The summed E-state index contributed by atoms with van der Waals surface area (Å²) < 4.78 is 15.2. The van der Waals surface area contributed by atoms with E-state index in [0.29, 0.717) is 12.6 Å². The maximum atomic E-state index is 15.2. The van der Waals surface area contributed by atoms with E-state index in [0.717, 1.165) is 37.9 Å². The minimum Gasteiger partial charge on any atom is -0.298 e. The zero-order chi connectivity index (χ0) is 15.6. The Morgan fingerprint density at radius 3 is 2.19 bits per heavy atom. The molecule has 2 aliphatic rings. The molecule has 0 N–H and O–H groups in total. The van der Waals surface area contributed by atoms with E-state index in [1.165, 1.54) is 19.3 Å². The monoisotopic (exact) mass is 296 g/mol. The molecule has 122 valence electrons. The number of halogens is 1. The quantitative estimate of drug-likeness (QED) is 0.736. The van der Waals surface area contributed by atoms with Crippen LogP contribution >= 0.6 is 0 Å². The van der Waals surface area contributed by atoms with Crippen molar-refractivity contribution in [3.05, 3.63) is 0 Å². The molecule has 2 heterocycles. The zero-order valence-electron chi connectivity index (χ0n) is 14.7. The summed E-state index contributed by atoms with van der Waals surface area (Å²) in [5, 5.41) is 0. The van der Waals surface area contributed by atoms with Crippen LogP contribution in [0.25, 0.3) is 0 Å². The fourth-order valence-electron chi connectivity index (χ4n) is 4.34. The number of alkyl halides is 1. The molecular formula is C17H34BFN2. The number of hydrogen-bond donors (Lipinski definition) is 0. The van der Waals surface area contributed by atoms with Gasteiger partial charge in [0.1, 0.15) is 5.57 Å². The van der Waals surface area contributed by atoms with Crippen molar-refractivity contribution < 1.29 is 4.39 Å². The number of piperidine rings is 2. The normalized spacial score (nSPS) is 34.0. The van der Waals surface area contributed by atoms with Gasteiger partial charge < -0.3 is 0 Å². The van der Waals surface area contributed by atoms with E-state index in [1.807, 2.05) is 7.85 Å². The van der Waals surface area contributed by atoms with Crippen LogP contribution in [0.3, 0.4) is 0 Å². The number of likely N-dealkylation sites (tertiary alicyclic amines) is 2. The molecule has 2 fully saturated rings. The van der Waals surface area contributed by atoms with Crippen molar-refractivity contribution in [3.63, 3.8) is 0 Å². The molecule has 0 aromatic heterocycles. The van der Waals surface area contributed by atoms with Crippen molar-refractivity contribution in [3.8, 4) is 0 Å². The molecule has 0 aliphatic carbocycles. The van der Waals surface area contributed by atoms with Crippen LogP contribution in [0.2, 0.25) is 0 Å². The zero-order valence-corrected chi connectivity index (χ0v) is 14.7. The molecule has 0 bridgehead atoms. The molecule has 0 aromatic carbocycles. The van der Waals surface area contributed by atoms with Gasteiger partial charge in [0.2, 0.25) is 0 Å². The fourth-order valence-corrected chi connectivity index (χ4v) is 4.34. The Bertz CT molecular complexity index is 325. The van der Waals surface area contributed by atoms with E-state index in [1.54, 1.807) is 0 Å². The highest BCUT2D eigenvalue weighted by Gasteiger charge is 2.43. The highest BCUT2D eigenvalue weighted by Crippen LogP contribution is 2.32. The Morgan fingerprint density at radius 1 is 1.10 bits per heavy atom. The van der Waals surface area contributed by atoms with Crippen molar-refractivity contribution in [2.75, 3.05) is 26.2 Å². The molecule has 0 amide bonds. The van der Waals surface area contributed by atoms with Gasteiger partial charge in [-0.2, -0.15) is 0 Å². The average molecular weight is 296 g/mol. The number of hydrogen-bond acceptors (Lipinski definition) is 2. The molecule has 2 saturated heterocycles. The van der Waals surface area contributed by atoms with Gasteiger partial charge in [-0.1, -0.05) is 13.8 Å². The highest BCUT2D eigenvalue weighted by atomic mass is 19.1. The first-order valence-corrected chi connectivity index (χ1v) is 8.96. The largest absolute Gasteiger partial charge is 0.298 e. The van der Waals surface area contributed by atoms with Crippen molar-refractivity contribution in [1.82, 2.24) is 9.80 Å². The molecule has 2 aliphatic heterocycles. The summed E-state index contributed by atoms with van der Waals surface area (Å²) in [7, 11) is 1.83. The standard InChI is InChI=1S/C17H34BFN2/c1-13(2)11-15-5-8-20(9-6-15)16-7-10-21(14(3)4)12-17(16,18)19/h13-16H,5-12,18H2,1-4H3. The summed E-state index contributed by atoms with van der Waals surface area (Å²) in [6, 6.07) is 0.588. The van der Waals surface area contributed by atoms with E-state index >= 15 is 4.39 Å². The van der Waals surface area contributed by atoms with Crippen LogP contribution in [0.4, 0.5) is 4.39 Å². The molecule has 4 heteroatoms. The lowest BCUT2D eigenvalue weighted by Crippen LogP contribution is -2.62. The summed E-state index contributed by atoms with van der Waals surface area (Å²) in [5.41, 5.74) is -1.06. The van der Waals surface area contributed by atoms with Gasteiger partial charge in [-0.15, -0.1) is 0 Å². The first-order valence-electron chi connectivity index (χ1n) is 8.96. The van der Waals surface area contributed by atoms with Crippen molar-refractivity contribution >= 4 is 7.85 Å². The second-order valence-electron chi connectivity index (χ2n) is 8.26. The lowest BCUT2D eigenvalue weighted by Gasteiger charge is -2.49. The second kappa shape index (κ2) is 7.00. The van der Waals surface area contributed by atoms with Gasteiger partial charge in [0.15, 0.2) is 7.85 Å². The first-order chi connectivity index (χ1) is 9.79. The maximum Gasteiger partial charge on any atom is 0.154 e. The molecule has 0 radical (unpaired) electrons. The predicted molar refractivity (Wildman–Crippen MR) is 91.2 cm³/mol. The summed E-state index contributed by atoms with van der Waals surface area (Å²) in [4.78, 5) is 4.75. The Labute approximate surface area is 131 Å². The lowest BCUT2D eigenvalue weighted by atomic mass is 9.71. The summed E-state index contributed by atoms with van der Waals surface area (Å²) in [5.74, 6) is 1.66.